The molecule has 0 aromatic carbocycles. The van der Waals surface area contributed by atoms with E-state index in [4.69, 9.17) is 9.47 Å². The van der Waals surface area contributed by atoms with Gasteiger partial charge in [0.15, 0.2) is 0 Å². The second-order valence-electron chi connectivity index (χ2n) is 2.34. The zero-order chi connectivity index (χ0) is 10.8. The molecular weight excluding hydrogens is 180 g/mol. The molecule has 0 saturated heterocycles. The third-order valence-corrected chi connectivity index (χ3v) is 1.29. The fourth-order valence-electron chi connectivity index (χ4n) is 0.685. The summed E-state index contributed by atoms with van der Waals surface area (Å²) >= 11 is 0. The third kappa shape index (κ3) is 5.48. The van der Waals surface area contributed by atoms with Crippen molar-refractivity contribution >= 4 is 0 Å². The van der Waals surface area contributed by atoms with Crippen LogP contribution >= 0.6 is 0 Å². The van der Waals surface area contributed by atoms with Gasteiger partial charge in [-0.1, -0.05) is 13.8 Å². The fourth-order valence-corrected chi connectivity index (χ4v) is 0.685. The molecule has 0 atom stereocenters. The largest absolute Gasteiger partial charge is 0.474 e. The van der Waals surface area contributed by atoms with E-state index < -0.39 is 0 Å². The Hall–Kier alpha value is -1.16. The van der Waals surface area contributed by atoms with E-state index in [1.807, 2.05) is 20.8 Å². The van der Waals surface area contributed by atoms with Gasteiger partial charge in [-0.25, -0.2) is 4.98 Å². The molecule has 14 heavy (non-hydrogen) atoms. The summed E-state index contributed by atoms with van der Waals surface area (Å²) in [5.41, 5.74) is 0.883. The second-order valence-corrected chi connectivity index (χ2v) is 2.34. The maximum Gasteiger partial charge on any atom is 0.232 e. The molecule has 0 aliphatic carbocycles. The monoisotopic (exact) mass is 198 g/mol. The highest BCUT2D eigenvalue weighted by molar-refractivity contribution is 5.05. The number of nitrogens with zero attached hydrogens (tertiary/aromatic N) is 2. The van der Waals surface area contributed by atoms with Crippen LogP contribution in [-0.4, -0.2) is 30.3 Å². The van der Waals surface area contributed by atoms with Gasteiger partial charge in [-0.2, -0.15) is 0 Å². The van der Waals surface area contributed by atoms with Crippen molar-refractivity contribution < 1.29 is 9.47 Å². The summed E-state index contributed by atoms with van der Waals surface area (Å²) in [4.78, 5) is 8.04. The van der Waals surface area contributed by atoms with Gasteiger partial charge in [0.2, 0.25) is 5.88 Å². The predicted molar refractivity (Wildman–Crippen MR) is 55.5 cm³/mol. The summed E-state index contributed by atoms with van der Waals surface area (Å²) in [7, 11) is 1.63. The Labute approximate surface area is 85.3 Å². The minimum Gasteiger partial charge on any atom is -0.474 e. The Morgan fingerprint density at radius 3 is 2.36 bits per heavy atom. The third-order valence-electron chi connectivity index (χ3n) is 1.29. The number of rotatable bonds is 4. The van der Waals surface area contributed by atoms with Crippen molar-refractivity contribution in [3.05, 3.63) is 18.1 Å². The lowest BCUT2D eigenvalue weighted by atomic mass is 10.5. The summed E-state index contributed by atoms with van der Waals surface area (Å²) in [6, 6.07) is 0. The summed E-state index contributed by atoms with van der Waals surface area (Å²) in [6.45, 7) is 6.95. The molecule has 1 rings (SSSR count). The quantitative estimate of drug-likeness (QED) is 0.692. The van der Waals surface area contributed by atoms with Gasteiger partial charge in [0, 0.05) is 7.11 Å². The maximum atomic E-state index is 5.20. The predicted octanol–water partition coefficient (Wildman–Crippen LogP) is 1.84. The van der Waals surface area contributed by atoms with E-state index in [-0.39, 0.29) is 0 Å². The highest BCUT2D eigenvalue weighted by atomic mass is 16.5. The number of aromatic nitrogens is 2. The molecule has 1 heterocycles. The van der Waals surface area contributed by atoms with Crippen LogP contribution in [0, 0.1) is 6.92 Å². The van der Waals surface area contributed by atoms with E-state index in [1.165, 1.54) is 0 Å². The second kappa shape index (κ2) is 8.44. The fraction of sp³-hybridized carbons (Fsp3) is 0.600. The van der Waals surface area contributed by atoms with Crippen LogP contribution in [0.5, 0.6) is 5.88 Å². The first kappa shape index (κ1) is 12.8. The van der Waals surface area contributed by atoms with Gasteiger partial charge in [0.1, 0.15) is 6.61 Å². The van der Waals surface area contributed by atoms with E-state index in [2.05, 4.69) is 9.97 Å². The SMILES string of the molecule is CC.COCCOc1cnc(C)cn1. The molecule has 0 N–H and O–H groups in total. The molecule has 1 aromatic rings. The molecule has 1 aromatic heterocycles. The normalized spacial score (nSPS) is 8.86. The topological polar surface area (TPSA) is 44.2 Å². The van der Waals surface area contributed by atoms with Crippen molar-refractivity contribution in [1.82, 2.24) is 9.97 Å². The zero-order valence-corrected chi connectivity index (χ0v) is 9.28. The van der Waals surface area contributed by atoms with Gasteiger partial charge in [0.05, 0.1) is 24.7 Å². The summed E-state index contributed by atoms with van der Waals surface area (Å²) in [6.07, 6.45) is 3.27. The van der Waals surface area contributed by atoms with E-state index in [9.17, 15) is 0 Å². The first-order valence-electron chi connectivity index (χ1n) is 4.73. The van der Waals surface area contributed by atoms with Crippen molar-refractivity contribution in [1.29, 1.82) is 0 Å². The van der Waals surface area contributed by atoms with Crippen LogP contribution in [0.25, 0.3) is 0 Å². The molecule has 0 unspecified atom stereocenters. The average Bonchev–Trinajstić information content (AvgIpc) is 2.24. The van der Waals surface area contributed by atoms with Crippen LogP contribution in [-0.2, 0) is 4.74 Å². The molecule has 0 radical (unpaired) electrons. The zero-order valence-electron chi connectivity index (χ0n) is 9.28. The molecule has 80 valence electrons. The number of methoxy groups -OCH3 is 1. The maximum absolute atomic E-state index is 5.20. The summed E-state index contributed by atoms with van der Waals surface area (Å²) < 4.78 is 10.0. The molecule has 4 heteroatoms. The molecule has 0 fully saturated rings. The molecule has 4 nitrogen and oxygen atoms in total. The Bertz CT molecular complexity index is 224. The van der Waals surface area contributed by atoms with Crippen LogP contribution in [0.1, 0.15) is 19.5 Å². The number of hydrogen-bond acceptors (Lipinski definition) is 4. The van der Waals surface area contributed by atoms with Crippen molar-refractivity contribution in [2.45, 2.75) is 20.8 Å². The Balaban J connectivity index is 0.000000791. The standard InChI is InChI=1S/C8H12N2O2.C2H6/c1-7-5-10-8(6-9-7)12-4-3-11-2;1-2/h5-6H,3-4H2,1-2H3;1-2H3. The van der Waals surface area contributed by atoms with Crippen molar-refractivity contribution in [2.24, 2.45) is 0 Å². The lowest BCUT2D eigenvalue weighted by molar-refractivity contribution is 0.143. The summed E-state index contributed by atoms with van der Waals surface area (Å²) in [5, 5.41) is 0. The minimum absolute atomic E-state index is 0.508. The van der Waals surface area contributed by atoms with Crippen molar-refractivity contribution in [3.63, 3.8) is 0 Å². The highest BCUT2D eigenvalue weighted by Gasteiger charge is 1.93. The van der Waals surface area contributed by atoms with E-state index in [1.54, 1.807) is 19.5 Å². The van der Waals surface area contributed by atoms with Crippen LogP contribution in [0.4, 0.5) is 0 Å². The molecule has 0 bridgehead atoms. The van der Waals surface area contributed by atoms with Gasteiger partial charge in [-0.05, 0) is 6.92 Å². The van der Waals surface area contributed by atoms with E-state index >= 15 is 0 Å². The van der Waals surface area contributed by atoms with Crippen LogP contribution in [0.15, 0.2) is 12.4 Å². The Morgan fingerprint density at radius 2 is 1.86 bits per heavy atom. The van der Waals surface area contributed by atoms with Crippen molar-refractivity contribution in [3.8, 4) is 5.88 Å². The van der Waals surface area contributed by atoms with Gasteiger partial charge in [0.25, 0.3) is 0 Å². The van der Waals surface area contributed by atoms with E-state index in [0.29, 0.717) is 19.1 Å². The number of aryl methyl sites for hydroxylation is 1. The first-order valence-corrected chi connectivity index (χ1v) is 4.73. The molecule has 0 saturated carbocycles. The van der Waals surface area contributed by atoms with Crippen molar-refractivity contribution in [2.75, 3.05) is 20.3 Å². The van der Waals surface area contributed by atoms with Gasteiger partial charge >= 0.3 is 0 Å². The molecule has 0 spiro atoms. The molecule has 0 aliphatic heterocycles. The van der Waals surface area contributed by atoms with E-state index in [0.717, 1.165) is 5.69 Å². The van der Waals surface area contributed by atoms with Crippen LogP contribution < -0.4 is 4.74 Å². The lowest BCUT2D eigenvalue weighted by Gasteiger charge is -2.02. The Morgan fingerprint density at radius 1 is 1.14 bits per heavy atom. The minimum atomic E-state index is 0.508. The molecule has 0 amide bonds. The number of hydrogen-bond donors (Lipinski definition) is 0. The van der Waals surface area contributed by atoms with Crippen LogP contribution in [0.2, 0.25) is 0 Å². The lowest BCUT2D eigenvalue weighted by Crippen LogP contribution is -2.05. The van der Waals surface area contributed by atoms with Gasteiger partial charge < -0.3 is 9.47 Å². The average molecular weight is 198 g/mol. The number of ether oxygens (including phenoxy) is 2. The van der Waals surface area contributed by atoms with Gasteiger partial charge in [-0.15, -0.1) is 0 Å². The highest BCUT2D eigenvalue weighted by Crippen LogP contribution is 2.02. The molecular formula is C10H18N2O2. The summed E-state index contributed by atoms with van der Waals surface area (Å²) in [5.74, 6) is 0.539. The smallest absolute Gasteiger partial charge is 0.232 e. The van der Waals surface area contributed by atoms with Crippen LogP contribution in [0.3, 0.4) is 0 Å². The Kier molecular flexibility index (Phi) is 7.74. The molecule has 0 aliphatic rings. The van der Waals surface area contributed by atoms with Gasteiger partial charge in [-0.3, -0.25) is 4.98 Å². The first-order chi connectivity index (χ1) is 6.83.